The average molecular weight is 197 g/mol. The molecule has 0 unspecified atom stereocenters. The highest BCUT2D eigenvalue weighted by atomic mass is 14.7. The number of benzene rings is 1. The highest BCUT2D eigenvalue weighted by molar-refractivity contribution is 5.64. The first-order chi connectivity index (χ1) is 7.18. The first-order valence-electron chi connectivity index (χ1n) is 5.18. The number of nitrogens with zero attached hydrogens (tertiary/aromatic N) is 1. The Morgan fingerprint density at radius 1 is 0.867 bits per heavy atom. The van der Waals surface area contributed by atoms with E-state index < -0.39 is 0 Å². The van der Waals surface area contributed by atoms with Crippen molar-refractivity contribution in [2.75, 3.05) is 0 Å². The highest BCUT2D eigenvalue weighted by Gasteiger charge is 2.03. The molecule has 0 amide bonds. The minimum atomic E-state index is 1.08. The molecule has 0 aliphatic heterocycles. The maximum absolute atomic E-state index is 4.42. The third-order valence-corrected chi connectivity index (χ3v) is 2.79. The van der Waals surface area contributed by atoms with E-state index in [0.29, 0.717) is 0 Å². The van der Waals surface area contributed by atoms with Crippen molar-refractivity contribution in [1.29, 1.82) is 0 Å². The number of aromatic nitrogens is 1. The van der Waals surface area contributed by atoms with E-state index in [-0.39, 0.29) is 0 Å². The molecular formula is C14H15N. The summed E-state index contributed by atoms with van der Waals surface area (Å²) in [5, 5.41) is 0. The molecule has 76 valence electrons. The van der Waals surface area contributed by atoms with Crippen LogP contribution in [0.1, 0.15) is 16.7 Å². The van der Waals surface area contributed by atoms with Crippen LogP contribution in [-0.2, 0) is 0 Å². The monoisotopic (exact) mass is 197 g/mol. The van der Waals surface area contributed by atoms with Gasteiger partial charge in [-0.05, 0) is 49.6 Å². The van der Waals surface area contributed by atoms with Crippen molar-refractivity contribution in [2.24, 2.45) is 0 Å². The lowest BCUT2D eigenvalue weighted by Crippen LogP contribution is -1.89. The van der Waals surface area contributed by atoms with Gasteiger partial charge in [0.1, 0.15) is 0 Å². The molecule has 0 aliphatic carbocycles. The lowest BCUT2D eigenvalue weighted by atomic mass is 10.0. The van der Waals surface area contributed by atoms with E-state index in [1.54, 1.807) is 0 Å². The molecule has 0 radical (unpaired) electrons. The van der Waals surface area contributed by atoms with Crippen molar-refractivity contribution in [3.63, 3.8) is 0 Å². The smallest absolute Gasteiger partial charge is 0.0731 e. The molecule has 1 aromatic carbocycles. The molecule has 2 rings (SSSR count). The van der Waals surface area contributed by atoms with Gasteiger partial charge in [-0.1, -0.05) is 18.2 Å². The highest BCUT2D eigenvalue weighted by Crippen LogP contribution is 2.22. The van der Waals surface area contributed by atoms with E-state index in [1.807, 2.05) is 12.3 Å². The van der Waals surface area contributed by atoms with Gasteiger partial charge in [-0.25, -0.2) is 0 Å². The summed E-state index contributed by atoms with van der Waals surface area (Å²) in [5.74, 6) is 0. The second-order valence-corrected chi connectivity index (χ2v) is 3.97. The van der Waals surface area contributed by atoms with E-state index in [1.165, 1.54) is 22.3 Å². The van der Waals surface area contributed by atoms with Crippen LogP contribution in [0.15, 0.2) is 36.5 Å². The molecule has 0 spiro atoms. The molecule has 1 aromatic heterocycles. The summed E-state index contributed by atoms with van der Waals surface area (Å²) in [7, 11) is 0. The Labute approximate surface area is 90.8 Å². The molecule has 0 atom stereocenters. The fourth-order valence-electron chi connectivity index (χ4n) is 1.68. The number of aryl methyl sites for hydroxylation is 3. The minimum Gasteiger partial charge on any atom is -0.256 e. The van der Waals surface area contributed by atoms with Crippen LogP contribution in [0.3, 0.4) is 0 Å². The van der Waals surface area contributed by atoms with Gasteiger partial charge in [0.2, 0.25) is 0 Å². The molecule has 0 saturated carbocycles. The van der Waals surface area contributed by atoms with Crippen LogP contribution in [0, 0.1) is 20.8 Å². The molecule has 1 heterocycles. The maximum atomic E-state index is 4.42. The van der Waals surface area contributed by atoms with Crippen molar-refractivity contribution in [1.82, 2.24) is 4.98 Å². The molecule has 0 saturated heterocycles. The van der Waals surface area contributed by atoms with E-state index in [0.717, 1.165) is 5.69 Å². The SMILES string of the molecule is Cc1ccc(-c2ncccc2C)cc1C. The number of rotatable bonds is 1. The molecule has 2 aromatic rings. The molecule has 0 N–H and O–H groups in total. The Hall–Kier alpha value is -1.63. The summed E-state index contributed by atoms with van der Waals surface area (Å²) in [6, 6.07) is 10.6. The zero-order valence-electron chi connectivity index (χ0n) is 9.41. The Balaban J connectivity index is 2.55. The second-order valence-electron chi connectivity index (χ2n) is 3.97. The van der Waals surface area contributed by atoms with Crippen molar-refractivity contribution >= 4 is 0 Å². The van der Waals surface area contributed by atoms with Crippen molar-refractivity contribution in [3.8, 4) is 11.3 Å². The summed E-state index contributed by atoms with van der Waals surface area (Å²) < 4.78 is 0. The van der Waals surface area contributed by atoms with Gasteiger partial charge in [0.05, 0.1) is 5.69 Å². The summed E-state index contributed by atoms with van der Waals surface area (Å²) in [5.41, 5.74) is 6.16. The van der Waals surface area contributed by atoms with E-state index in [4.69, 9.17) is 0 Å². The normalized spacial score (nSPS) is 10.3. The summed E-state index contributed by atoms with van der Waals surface area (Å²) in [6.07, 6.45) is 1.84. The van der Waals surface area contributed by atoms with Gasteiger partial charge in [0.25, 0.3) is 0 Å². The predicted molar refractivity (Wildman–Crippen MR) is 63.9 cm³/mol. The van der Waals surface area contributed by atoms with Gasteiger partial charge in [0.15, 0.2) is 0 Å². The predicted octanol–water partition coefficient (Wildman–Crippen LogP) is 3.67. The Morgan fingerprint density at radius 2 is 1.67 bits per heavy atom. The van der Waals surface area contributed by atoms with E-state index in [2.05, 4.69) is 50.0 Å². The van der Waals surface area contributed by atoms with Crippen molar-refractivity contribution in [2.45, 2.75) is 20.8 Å². The maximum Gasteiger partial charge on any atom is 0.0731 e. The first-order valence-corrected chi connectivity index (χ1v) is 5.18. The molecule has 1 nitrogen and oxygen atoms in total. The van der Waals surface area contributed by atoms with Crippen LogP contribution < -0.4 is 0 Å². The first kappa shape index (κ1) is 9.91. The van der Waals surface area contributed by atoms with Crippen LogP contribution in [0.5, 0.6) is 0 Å². The Kier molecular flexibility index (Phi) is 2.55. The lowest BCUT2D eigenvalue weighted by molar-refractivity contribution is 1.26. The number of pyridine rings is 1. The van der Waals surface area contributed by atoms with Gasteiger partial charge >= 0.3 is 0 Å². The van der Waals surface area contributed by atoms with Crippen LogP contribution >= 0.6 is 0 Å². The van der Waals surface area contributed by atoms with Crippen molar-refractivity contribution < 1.29 is 0 Å². The standard InChI is InChI=1S/C14H15N/c1-10-6-7-13(9-12(10)3)14-11(2)5-4-8-15-14/h4-9H,1-3H3. The molecular weight excluding hydrogens is 182 g/mol. The van der Waals surface area contributed by atoms with Gasteiger partial charge < -0.3 is 0 Å². The zero-order valence-corrected chi connectivity index (χ0v) is 9.41. The summed E-state index contributed by atoms with van der Waals surface area (Å²) in [6.45, 7) is 6.36. The summed E-state index contributed by atoms with van der Waals surface area (Å²) >= 11 is 0. The van der Waals surface area contributed by atoms with Crippen LogP contribution in [0.25, 0.3) is 11.3 Å². The third kappa shape index (κ3) is 1.91. The largest absolute Gasteiger partial charge is 0.256 e. The molecule has 1 heteroatoms. The zero-order chi connectivity index (χ0) is 10.8. The molecule has 0 bridgehead atoms. The van der Waals surface area contributed by atoms with Gasteiger partial charge in [0, 0.05) is 11.8 Å². The Morgan fingerprint density at radius 3 is 2.33 bits per heavy atom. The fraction of sp³-hybridized carbons (Fsp3) is 0.214. The third-order valence-electron chi connectivity index (χ3n) is 2.79. The minimum absolute atomic E-state index is 1.08. The lowest BCUT2D eigenvalue weighted by Gasteiger charge is -2.06. The van der Waals surface area contributed by atoms with Gasteiger partial charge in [-0.15, -0.1) is 0 Å². The number of hydrogen-bond acceptors (Lipinski definition) is 1. The van der Waals surface area contributed by atoms with Crippen LogP contribution in [-0.4, -0.2) is 4.98 Å². The molecule has 0 aliphatic rings. The molecule has 15 heavy (non-hydrogen) atoms. The van der Waals surface area contributed by atoms with Crippen molar-refractivity contribution in [3.05, 3.63) is 53.2 Å². The Bertz CT molecular complexity index is 486. The topological polar surface area (TPSA) is 12.9 Å². The molecule has 0 fully saturated rings. The quantitative estimate of drug-likeness (QED) is 0.679. The van der Waals surface area contributed by atoms with Gasteiger partial charge in [-0.3, -0.25) is 4.98 Å². The number of hydrogen-bond donors (Lipinski definition) is 0. The fourth-order valence-corrected chi connectivity index (χ4v) is 1.68. The van der Waals surface area contributed by atoms with Gasteiger partial charge in [-0.2, -0.15) is 0 Å². The van der Waals surface area contributed by atoms with E-state index >= 15 is 0 Å². The van der Waals surface area contributed by atoms with Crippen LogP contribution in [0.4, 0.5) is 0 Å². The average Bonchev–Trinajstić information content (AvgIpc) is 2.23. The van der Waals surface area contributed by atoms with Crippen LogP contribution in [0.2, 0.25) is 0 Å². The second kappa shape index (κ2) is 3.85. The summed E-state index contributed by atoms with van der Waals surface area (Å²) in [4.78, 5) is 4.42. The van der Waals surface area contributed by atoms with E-state index in [9.17, 15) is 0 Å².